The lowest BCUT2D eigenvalue weighted by Gasteiger charge is -2.40. The van der Waals surface area contributed by atoms with Crippen LogP contribution in [-0.2, 0) is 4.74 Å². The minimum atomic E-state index is -0.541. The molecule has 0 saturated carbocycles. The maximum absolute atomic E-state index is 12.9. The van der Waals surface area contributed by atoms with E-state index in [2.05, 4.69) is 0 Å². The lowest BCUT2D eigenvalue weighted by atomic mass is 10.0. The highest BCUT2D eigenvalue weighted by Gasteiger charge is 2.32. The molecule has 144 valence electrons. The van der Waals surface area contributed by atoms with Crippen LogP contribution in [0.5, 0.6) is 5.75 Å². The van der Waals surface area contributed by atoms with Gasteiger partial charge in [0.15, 0.2) is 0 Å². The standard InChI is InChI=1S/C21H26N2O4/c1-14-13-22(10-11-23(14)20(26)27-21(2,3)4)19(25)16-8-9-17-15(12-16)6-5-7-18(17)24/h5-9,12,14,24H,10-11,13H2,1-4H3. The molecule has 2 aromatic carbocycles. The van der Waals surface area contributed by atoms with Gasteiger partial charge in [-0.2, -0.15) is 0 Å². The number of carbonyl (C=O) groups is 2. The molecular formula is C21H26N2O4. The van der Waals surface area contributed by atoms with Crippen molar-refractivity contribution in [3.05, 3.63) is 42.0 Å². The minimum Gasteiger partial charge on any atom is -0.507 e. The molecule has 0 aromatic heterocycles. The van der Waals surface area contributed by atoms with Crippen molar-refractivity contribution in [3.63, 3.8) is 0 Å². The smallest absolute Gasteiger partial charge is 0.410 e. The van der Waals surface area contributed by atoms with Gasteiger partial charge >= 0.3 is 6.09 Å². The number of fused-ring (bicyclic) bond motifs is 1. The highest BCUT2D eigenvalue weighted by Crippen LogP contribution is 2.26. The molecular weight excluding hydrogens is 344 g/mol. The summed E-state index contributed by atoms with van der Waals surface area (Å²) in [4.78, 5) is 28.7. The predicted octanol–water partition coefficient (Wildman–Crippen LogP) is 3.63. The predicted molar refractivity (Wildman–Crippen MR) is 104 cm³/mol. The lowest BCUT2D eigenvalue weighted by Crippen LogP contribution is -2.56. The molecule has 1 aliphatic heterocycles. The van der Waals surface area contributed by atoms with Gasteiger partial charge in [-0.15, -0.1) is 0 Å². The average Bonchev–Trinajstić information content (AvgIpc) is 2.59. The second-order valence-electron chi connectivity index (χ2n) is 7.99. The fourth-order valence-electron chi connectivity index (χ4n) is 3.32. The summed E-state index contributed by atoms with van der Waals surface area (Å²) in [6.07, 6.45) is -0.344. The van der Waals surface area contributed by atoms with Crippen LogP contribution in [0.3, 0.4) is 0 Å². The summed E-state index contributed by atoms with van der Waals surface area (Å²) in [5.74, 6) is 0.127. The zero-order valence-electron chi connectivity index (χ0n) is 16.2. The molecule has 0 aliphatic carbocycles. The maximum atomic E-state index is 12.9. The normalized spacial score (nSPS) is 17.9. The van der Waals surface area contributed by atoms with E-state index in [1.165, 1.54) is 0 Å². The number of benzene rings is 2. The van der Waals surface area contributed by atoms with Crippen molar-refractivity contribution in [1.29, 1.82) is 0 Å². The first-order chi connectivity index (χ1) is 12.7. The second-order valence-corrected chi connectivity index (χ2v) is 7.99. The average molecular weight is 370 g/mol. The molecule has 2 amide bonds. The number of rotatable bonds is 1. The highest BCUT2D eigenvalue weighted by molar-refractivity contribution is 6.00. The number of amides is 2. The molecule has 6 nitrogen and oxygen atoms in total. The van der Waals surface area contributed by atoms with Crippen LogP contribution in [0.1, 0.15) is 38.1 Å². The molecule has 0 bridgehead atoms. The molecule has 1 atom stereocenters. The third-order valence-corrected chi connectivity index (χ3v) is 4.65. The molecule has 6 heteroatoms. The number of carbonyl (C=O) groups excluding carboxylic acids is 2. The molecule has 3 rings (SSSR count). The number of piperazine rings is 1. The third kappa shape index (κ3) is 4.15. The van der Waals surface area contributed by atoms with Crippen LogP contribution in [-0.4, -0.2) is 58.2 Å². The van der Waals surface area contributed by atoms with Crippen LogP contribution in [0.15, 0.2) is 36.4 Å². The summed E-state index contributed by atoms with van der Waals surface area (Å²) in [6.45, 7) is 8.79. The van der Waals surface area contributed by atoms with Crippen LogP contribution in [0, 0.1) is 0 Å². The monoisotopic (exact) mass is 370 g/mol. The summed E-state index contributed by atoms with van der Waals surface area (Å²) >= 11 is 0. The van der Waals surface area contributed by atoms with Gasteiger partial charge < -0.3 is 19.6 Å². The van der Waals surface area contributed by atoms with E-state index in [0.717, 1.165) is 10.8 Å². The molecule has 0 spiro atoms. The van der Waals surface area contributed by atoms with Gasteiger partial charge in [0.25, 0.3) is 5.91 Å². The Labute approximate surface area is 159 Å². The zero-order valence-corrected chi connectivity index (χ0v) is 16.2. The Morgan fingerprint density at radius 2 is 1.89 bits per heavy atom. The number of hydrogen-bond donors (Lipinski definition) is 1. The fraction of sp³-hybridized carbons (Fsp3) is 0.429. The SMILES string of the molecule is CC1CN(C(=O)c2ccc3c(O)cccc3c2)CCN1C(=O)OC(C)(C)C. The van der Waals surface area contributed by atoms with E-state index in [9.17, 15) is 14.7 Å². The lowest BCUT2D eigenvalue weighted by molar-refractivity contribution is 0.00199. The molecule has 1 unspecified atom stereocenters. The molecule has 2 aromatic rings. The van der Waals surface area contributed by atoms with Crippen molar-refractivity contribution in [2.24, 2.45) is 0 Å². The Morgan fingerprint density at radius 1 is 1.15 bits per heavy atom. The Kier molecular flexibility index (Phi) is 5.00. The summed E-state index contributed by atoms with van der Waals surface area (Å²) in [5.41, 5.74) is 0.0338. The number of hydrogen-bond acceptors (Lipinski definition) is 4. The molecule has 27 heavy (non-hydrogen) atoms. The van der Waals surface area contributed by atoms with E-state index in [1.54, 1.807) is 40.1 Å². The Hall–Kier alpha value is -2.76. The van der Waals surface area contributed by atoms with Gasteiger partial charge in [0.2, 0.25) is 0 Å². The topological polar surface area (TPSA) is 70.1 Å². The number of phenolic OH excluding ortho intramolecular Hbond substituents is 1. The number of ether oxygens (including phenoxy) is 1. The zero-order chi connectivity index (χ0) is 19.8. The Balaban J connectivity index is 1.71. The molecule has 0 radical (unpaired) electrons. The quantitative estimate of drug-likeness (QED) is 0.832. The summed E-state index contributed by atoms with van der Waals surface area (Å²) in [6, 6.07) is 10.4. The third-order valence-electron chi connectivity index (χ3n) is 4.65. The number of aromatic hydroxyl groups is 1. The van der Waals surface area contributed by atoms with E-state index in [1.807, 2.05) is 33.8 Å². The van der Waals surface area contributed by atoms with E-state index >= 15 is 0 Å². The largest absolute Gasteiger partial charge is 0.507 e. The highest BCUT2D eigenvalue weighted by atomic mass is 16.6. The minimum absolute atomic E-state index is 0.0732. The van der Waals surface area contributed by atoms with Crippen molar-refractivity contribution in [2.75, 3.05) is 19.6 Å². The number of nitrogens with zero attached hydrogens (tertiary/aromatic N) is 2. The first-order valence-electron chi connectivity index (χ1n) is 9.16. The Morgan fingerprint density at radius 3 is 2.56 bits per heavy atom. The summed E-state index contributed by atoms with van der Waals surface area (Å²) in [5, 5.41) is 11.4. The van der Waals surface area contributed by atoms with E-state index in [-0.39, 0.29) is 23.8 Å². The maximum Gasteiger partial charge on any atom is 0.410 e. The van der Waals surface area contributed by atoms with Crippen molar-refractivity contribution in [1.82, 2.24) is 9.80 Å². The van der Waals surface area contributed by atoms with Gasteiger partial charge in [0.05, 0.1) is 0 Å². The van der Waals surface area contributed by atoms with Gasteiger partial charge in [-0.25, -0.2) is 4.79 Å². The van der Waals surface area contributed by atoms with E-state index in [0.29, 0.717) is 25.2 Å². The molecule has 1 fully saturated rings. The number of phenols is 1. The van der Waals surface area contributed by atoms with Gasteiger partial charge in [0, 0.05) is 36.6 Å². The van der Waals surface area contributed by atoms with Gasteiger partial charge in [-0.05, 0) is 57.3 Å². The van der Waals surface area contributed by atoms with Crippen molar-refractivity contribution in [2.45, 2.75) is 39.3 Å². The molecule has 1 saturated heterocycles. The van der Waals surface area contributed by atoms with Crippen molar-refractivity contribution >= 4 is 22.8 Å². The van der Waals surface area contributed by atoms with Gasteiger partial charge in [-0.3, -0.25) is 4.79 Å². The molecule has 1 heterocycles. The van der Waals surface area contributed by atoms with Crippen LogP contribution in [0.25, 0.3) is 10.8 Å². The van der Waals surface area contributed by atoms with Gasteiger partial charge in [-0.1, -0.05) is 12.1 Å². The fourth-order valence-corrected chi connectivity index (χ4v) is 3.32. The van der Waals surface area contributed by atoms with Crippen molar-refractivity contribution in [3.8, 4) is 5.75 Å². The Bertz CT molecular complexity index is 872. The first-order valence-corrected chi connectivity index (χ1v) is 9.16. The van der Waals surface area contributed by atoms with Crippen LogP contribution >= 0.6 is 0 Å². The summed E-state index contributed by atoms with van der Waals surface area (Å²) < 4.78 is 5.45. The van der Waals surface area contributed by atoms with Crippen LogP contribution in [0.4, 0.5) is 4.79 Å². The van der Waals surface area contributed by atoms with E-state index < -0.39 is 5.60 Å². The van der Waals surface area contributed by atoms with Crippen LogP contribution in [0.2, 0.25) is 0 Å². The van der Waals surface area contributed by atoms with Crippen LogP contribution < -0.4 is 0 Å². The van der Waals surface area contributed by atoms with E-state index in [4.69, 9.17) is 4.74 Å². The van der Waals surface area contributed by atoms with Crippen molar-refractivity contribution < 1.29 is 19.4 Å². The second kappa shape index (κ2) is 7.10. The molecule has 1 N–H and O–H groups in total. The first kappa shape index (κ1) is 19.0. The van der Waals surface area contributed by atoms with Gasteiger partial charge in [0.1, 0.15) is 11.4 Å². The molecule has 1 aliphatic rings. The summed E-state index contributed by atoms with van der Waals surface area (Å²) in [7, 11) is 0.